The largest absolute Gasteiger partial charge is 0.478 e. The van der Waals surface area contributed by atoms with Gasteiger partial charge in [-0.25, -0.2) is 17.5 Å². The van der Waals surface area contributed by atoms with Crippen molar-refractivity contribution >= 4 is 16.0 Å². The first-order valence-electron chi connectivity index (χ1n) is 5.05. The Labute approximate surface area is 101 Å². The Morgan fingerprint density at radius 2 is 1.94 bits per heavy atom. The lowest BCUT2D eigenvalue weighted by molar-refractivity contribution is 0.0695. The molecule has 17 heavy (non-hydrogen) atoms. The standard InChI is InChI=1S/C11H15NO4S/c1-12(17(2,15)16)8-7-9-5-3-4-6-10(9)11(13)14/h3-6H,7-8H2,1-2H3,(H,13,14). The van der Waals surface area contributed by atoms with Crippen molar-refractivity contribution in [3.05, 3.63) is 35.4 Å². The maximum atomic E-state index is 11.2. The van der Waals surface area contributed by atoms with Gasteiger partial charge in [0.05, 0.1) is 11.8 Å². The second-order valence-corrected chi connectivity index (χ2v) is 5.89. The summed E-state index contributed by atoms with van der Waals surface area (Å²) in [7, 11) is -1.75. The van der Waals surface area contributed by atoms with E-state index in [0.29, 0.717) is 12.0 Å². The fourth-order valence-corrected chi connectivity index (χ4v) is 1.81. The fourth-order valence-electron chi connectivity index (χ4n) is 1.39. The monoisotopic (exact) mass is 257 g/mol. The molecule has 0 unspecified atom stereocenters. The van der Waals surface area contributed by atoms with Crippen LogP contribution in [0.5, 0.6) is 0 Å². The van der Waals surface area contributed by atoms with E-state index in [2.05, 4.69) is 0 Å². The summed E-state index contributed by atoms with van der Waals surface area (Å²) >= 11 is 0. The first kappa shape index (κ1) is 13.7. The highest BCUT2D eigenvalue weighted by Crippen LogP contribution is 2.10. The molecule has 0 aliphatic heterocycles. The highest BCUT2D eigenvalue weighted by atomic mass is 32.2. The summed E-state index contributed by atoms with van der Waals surface area (Å²) < 4.78 is 23.6. The second-order valence-electron chi connectivity index (χ2n) is 3.80. The Morgan fingerprint density at radius 1 is 1.35 bits per heavy atom. The van der Waals surface area contributed by atoms with E-state index in [0.717, 1.165) is 6.26 Å². The van der Waals surface area contributed by atoms with Gasteiger partial charge in [0.25, 0.3) is 0 Å². The summed E-state index contributed by atoms with van der Waals surface area (Å²) in [6.07, 6.45) is 1.50. The van der Waals surface area contributed by atoms with Gasteiger partial charge in [0, 0.05) is 13.6 Å². The fraction of sp³-hybridized carbons (Fsp3) is 0.364. The van der Waals surface area contributed by atoms with E-state index >= 15 is 0 Å². The van der Waals surface area contributed by atoms with Crippen LogP contribution >= 0.6 is 0 Å². The van der Waals surface area contributed by atoms with Crippen LogP contribution in [-0.2, 0) is 16.4 Å². The van der Waals surface area contributed by atoms with Crippen molar-refractivity contribution in [2.45, 2.75) is 6.42 Å². The van der Waals surface area contributed by atoms with Crippen LogP contribution in [0, 0.1) is 0 Å². The summed E-state index contributed by atoms with van der Waals surface area (Å²) in [5.41, 5.74) is 0.852. The highest BCUT2D eigenvalue weighted by Gasteiger charge is 2.13. The molecule has 1 N–H and O–H groups in total. The van der Waals surface area contributed by atoms with Gasteiger partial charge in [-0.1, -0.05) is 18.2 Å². The topological polar surface area (TPSA) is 74.7 Å². The van der Waals surface area contributed by atoms with Crippen LogP contribution in [0.25, 0.3) is 0 Å². The molecule has 0 heterocycles. The van der Waals surface area contributed by atoms with Crippen molar-refractivity contribution in [1.29, 1.82) is 0 Å². The number of carboxylic acid groups (broad SMARTS) is 1. The molecule has 0 bridgehead atoms. The summed E-state index contributed by atoms with van der Waals surface area (Å²) in [6, 6.07) is 6.59. The molecular formula is C11H15NO4S. The molecule has 0 aromatic heterocycles. The lowest BCUT2D eigenvalue weighted by Crippen LogP contribution is -2.28. The minimum atomic E-state index is -3.22. The zero-order chi connectivity index (χ0) is 13.1. The Morgan fingerprint density at radius 3 is 2.47 bits per heavy atom. The van der Waals surface area contributed by atoms with E-state index in [9.17, 15) is 13.2 Å². The molecule has 0 aliphatic rings. The molecule has 1 aromatic carbocycles. The van der Waals surface area contributed by atoms with Gasteiger partial charge < -0.3 is 5.11 Å². The number of aromatic carboxylic acids is 1. The average molecular weight is 257 g/mol. The van der Waals surface area contributed by atoms with Crippen LogP contribution in [0.3, 0.4) is 0 Å². The molecule has 0 radical (unpaired) electrons. The number of carboxylic acids is 1. The number of likely N-dealkylation sites (N-methyl/N-ethyl adjacent to an activating group) is 1. The van der Waals surface area contributed by atoms with Gasteiger partial charge in [-0.2, -0.15) is 0 Å². The third-order valence-corrected chi connectivity index (χ3v) is 3.82. The molecule has 0 amide bonds. The van der Waals surface area contributed by atoms with Crippen molar-refractivity contribution in [3.63, 3.8) is 0 Å². The number of hydrogen-bond donors (Lipinski definition) is 1. The number of rotatable bonds is 5. The Bertz CT molecular complexity index is 510. The van der Waals surface area contributed by atoms with Crippen LogP contribution < -0.4 is 0 Å². The molecule has 0 saturated carbocycles. The number of hydrogen-bond acceptors (Lipinski definition) is 3. The van der Waals surface area contributed by atoms with Crippen molar-refractivity contribution in [2.24, 2.45) is 0 Å². The van der Waals surface area contributed by atoms with E-state index in [4.69, 9.17) is 5.11 Å². The Kier molecular flexibility index (Phi) is 4.25. The van der Waals surface area contributed by atoms with Gasteiger partial charge in [-0.3, -0.25) is 0 Å². The number of nitrogens with zero attached hydrogens (tertiary/aromatic N) is 1. The van der Waals surface area contributed by atoms with Crippen LogP contribution in [-0.4, -0.2) is 43.6 Å². The molecule has 0 saturated heterocycles. The van der Waals surface area contributed by atoms with Crippen LogP contribution in [0.15, 0.2) is 24.3 Å². The normalized spacial score (nSPS) is 11.7. The van der Waals surface area contributed by atoms with Crippen molar-refractivity contribution < 1.29 is 18.3 Å². The van der Waals surface area contributed by atoms with Crippen LogP contribution in [0.2, 0.25) is 0 Å². The minimum absolute atomic E-state index is 0.217. The van der Waals surface area contributed by atoms with Gasteiger partial charge in [0.15, 0.2) is 0 Å². The number of sulfonamides is 1. The molecule has 5 nitrogen and oxygen atoms in total. The minimum Gasteiger partial charge on any atom is -0.478 e. The maximum absolute atomic E-state index is 11.2. The van der Waals surface area contributed by atoms with Crippen LogP contribution in [0.4, 0.5) is 0 Å². The molecule has 1 rings (SSSR count). The average Bonchev–Trinajstić information content (AvgIpc) is 2.24. The highest BCUT2D eigenvalue weighted by molar-refractivity contribution is 7.88. The molecule has 0 atom stereocenters. The van der Waals surface area contributed by atoms with Crippen molar-refractivity contribution in [3.8, 4) is 0 Å². The molecule has 6 heteroatoms. The Balaban J connectivity index is 2.80. The first-order chi connectivity index (χ1) is 7.82. The van der Waals surface area contributed by atoms with E-state index in [1.54, 1.807) is 18.2 Å². The van der Waals surface area contributed by atoms with Crippen molar-refractivity contribution in [1.82, 2.24) is 4.31 Å². The van der Waals surface area contributed by atoms with Crippen molar-refractivity contribution in [2.75, 3.05) is 19.8 Å². The van der Waals surface area contributed by atoms with Gasteiger partial charge >= 0.3 is 5.97 Å². The van der Waals surface area contributed by atoms with Gasteiger partial charge in [-0.15, -0.1) is 0 Å². The SMILES string of the molecule is CN(CCc1ccccc1C(=O)O)S(C)(=O)=O. The van der Waals surface area contributed by atoms with Gasteiger partial charge in [0.1, 0.15) is 0 Å². The molecular weight excluding hydrogens is 242 g/mol. The number of carbonyl (C=O) groups is 1. The molecule has 94 valence electrons. The molecule has 0 fully saturated rings. The van der Waals surface area contributed by atoms with E-state index in [1.807, 2.05) is 0 Å². The van der Waals surface area contributed by atoms with E-state index in [-0.39, 0.29) is 12.1 Å². The zero-order valence-electron chi connectivity index (χ0n) is 9.75. The quantitative estimate of drug-likeness (QED) is 0.847. The predicted octanol–water partition coefficient (Wildman–Crippen LogP) is 0.819. The smallest absolute Gasteiger partial charge is 0.335 e. The summed E-state index contributed by atoms with van der Waals surface area (Å²) in [5.74, 6) is -0.998. The zero-order valence-corrected chi connectivity index (χ0v) is 10.6. The molecule has 1 aromatic rings. The molecule has 0 spiro atoms. The maximum Gasteiger partial charge on any atom is 0.335 e. The predicted molar refractivity (Wildman–Crippen MR) is 64.6 cm³/mol. The lowest BCUT2D eigenvalue weighted by atomic mass is 10.1. The second kappa shape index (κ2) is 5.29. The summed E-state index contributed by atoms with van der Waals surface area (Å²) in [6.45, 7) is 0.267. The first-order valence-corrected chi connectivity index (χ1v) is 6.89. The summed E-state index contributed by atoms with van der Waals surface area (Å²) in [5, 5.41) is 8.96. The number of benzene rings is 1. The van der Waals surface area contributed by atoms with Gasteiger partial charge in [-0.05, 0) is 18.1 Å². The Hall–Kier alpha value is -1.40. The summed E-state index contributed by atoms with van der Waals surface area (Å²) in [4.78, 5) is 10.9. The van der Waals surface area contributed by atoms with Gasteiger partial charge in [0.2, 0.25) is 10.0 Å². The third kappa shape index (κ3) is 3.83. The van der Waals surface area contributed by atoms with E-state index < -0.39 is 16.0 Å². The van der Waals surface area contributed by atoms with Crippen LogP contribution in [0.1, 0.15) is 15.9 Å². The lowest BCUT2D eigenvalue weighted by Gasteiger charge is -2.14. The molecule has 0 aliphatic carbocycles. The third-order valence-electron chi connectivity index (χ3n) is 2.51. The van der Waals surface area contributed by atoms with E-state index in [1.165, 1.54) is 17.4 Å².